The van der Waals surface area contributed by atoms with Crippen LogP contribution in [-0.2, 0) is 11.2 Å². The molecule has 0 bridgehead atoms. The third-order valence-electron chi connectivity index (χ3n) is 7.00. The number of ether oxygens (including phenoxy) is 2. The number of methoxy groups -OCH3 is 2. The van der Waals surface area contributed by atoms with Crippen molar-refractivity contribution in [1.82, 2.24) is 4.90 Å². The van der Waals surface area contributed by atoms with Gasteiger partial charge in [-0.05, 0) is 43.2 Å². The molecule has 4 rings (SSSR count). The molecule has 0 radical (unpaired) electrons. The van der Waals surface area contributed by atoms with Gasteiger partial charge >= 0.3 is 0 Å². The maximum atomic E-state index is 13.6. The van der Waals surface area contributed by atoms with Gasteiger partial charge in [-0.1, -0.05) is 60.2 Å². The van der Waals surface area contributed by atoms with Crippen LogP contribution in [0.4, 0.5) is 0 Å². The Morgan fingerprint density at radius 1 is 1.06 bits per heavy atom. The highest BCUT2D eigenvalue weighted by atomic mass is 16.5. The van der Waals surface area contributed by atoms with Gasteiger partial charge < -0.3 is 19.5 Å². The predicted octanol–water partition coefficient (Wildman–Crippen LogP) is 5.72. The topological polar surface area (TPSA) is 59.0 Å². The molecule has 1 heterocycles. The molecule has 2 atom stereocenters. The fourth-order valence-corrected chi connectivity index (χ4v) is 5.12. The molecule has 184 valence electrons. The molecule has 1 amide bonds. The number of hydrogen-bond donors (Lipinski definition) is 1. The van der Waals surface area contributed by atoms with Crippen LogP contribution in [0.3, 0.4) is 0 Å². The number of carbonyl (C=O) groups excluding carboxylic acids is 1. The number of aryl methyl sites for hydroxylation is 1. The van der Waals surface area contributed by atoms with Crippen LogP contribution in [0.25, 0.3) is 0 Å². The monoisotopic (exact) mass is 473 g/mol. The van der Waals surface area contributed by atoms with Gasteiger partial charge in [0.2, 0.25) is 5.91 Å². The Hall–Kier alpha value is -3.47. The fourth-order valence-electron chi connectivity index (χ4n) is 5.12. The molecule has 0 aromatic heterocycles. The van der Waals surface area contributed by atoms with Gasteiger partial charge in [-0.15, -0.1) is 0 Å². The first kappa shape index (κ1) is 24.6. The molecule has 1 aliphatic heterocycles. The first-order valence-corrected chi connectivity index (χ1v) is 12.3. The molecule has 1 saturated heterocycles. The molecule has 35 heavy (non-hydrogen) atoms. The Labute approximate surface area is 208 Å². The first-order valence-electron chi connectivity index (χ1n) is 12.3. The Morgan fingerprint density at radius 3 is 2.49 bits per heavy atom. The van der Waals surface area contributed by atoms with Crippen LogP contribution in [-0.4, -0.2) is 43.2 Å². The van der Waals surface area contributed by atoms with Gasteiger partial charge in [0.1, 0.15) is 17.2 Å². The molecule has 3 aromatic carbocycles. The third kappa shape index (κ3) is 5.97. The number of benzene rings is 3. The molecule has 1 fully saturated rings. The molecule has 0 spiro atoms. The zero-order valence-corrected chi connectivity index (χ0v) is 20.9. The van der Waals surface area contributed by atoms with Crippen LogP contribution in [0.5, 0.6) is 17.2 Å². The standard InChI is InChI=1S/C30H35NO4/c1-21-11-13-24(14-12-21)26(30-27(32)17-25(34-2)18-28(30)35-3)19-29(33)31-15-7-10-23(20-31)16-22-8-5-4-6-9-22/h4-6,8-9,11-14,17-18,23,26,32H,7,10,15-16,19-20H2,1-3H3. The Balaban J connectivity index is 1.59. The van der Waals surface area contributed by atoms with Crippen molar-refractivity contribution in [2.75, 3.05) is 27.3 Å². The molecule has 0 saturated carbocycles. The summed E-state index contributed by atoms with van der Waals surface area (Å²) in [5.41, 5.74) is 4.05. The zero-order chi connectivity index (χ0) is 24.8. The molecular weight excluding hydrogens is 438 g/mol. The van der Waals surface area contributed by atoms with Crippen molar-refractivity contribution in [2.45, 2.75) is 38.5 Å². The minimum absolute atomic E-state index is 0.0696. The molecule has 0 aliphatic carbocycles. The Kier molecular flexibility index (Phi) is 7.96. The van der Waals surface area contributed by atoms with Crippen molar-refractivity contribution in [3.63, 3.8) is 0 Å². The number of carbonyl (C=O) groups is 1. The van der Waals surface area contributed by atoms with Gasteiger partial charge in [0, 0.05) is 43.1 Å². The number of piperidine rings is 1. The van der Waals surface area contributed by atoms with Crippen molar-refractivity contribution in [1.29, 1.82) is 0 Å². The second kappa shape index (κ2) is 11.3. The maximum absolute atomic E-state index is 13.6. The van der Waals surface area contributed by atoms with Crippen molar-refractivity contribution >= 4 is 5.91 Å². The van der Waals surface area contributed by atoms with Gasteiger partial charge in [-0.25, -0.2) is 0 Å². The highest BCUT2D eigenvalue weighted by Crippen LogP contribution is 2.43. The lowest BCUT2D eigenvalue weighted by molar-refractivity contribution is -0.133. The predicted molar refractivity (Wildman–Crippen MR) is 138 cm³/mol. The second-order valence-electron chi connectivity index (χ2n) is 9.47. The number of phenolic OH excluding ortho intramolecular Hbond substituents is 1. The average Bonchev–Trinajstić information content (AvgIpc) is 2.88. The van der Waals surface area contributed by atoms with Crippen LogP contribution < -0.4 is 9.47 Å². The number of likely N-dealkylation sites (tertiary alicyclic amines) is 1. The van der Waals surface area contributed by atoms with Crippen molar-refractivity contribution in [3.05, 3.63) is 89.0 Å². The number of aromatic hydroxyl groups is 1. The summed E-state index contributed by atoms with van der Waals surface area (Å²) >= 11 is 0. The third-order valence-corrected chi connectivity index (χ3v) is 7.00. The zero-order valence-electron chi connectivity index (χ0n) is 20.9. The van der Waals surface area contributed by atoms with Gasteiger partial charge in [0.15, 0.2) is 0 Å². The number of amides is 1. The van der Waals surface area contributed by atoms with E-state index in [1.165, 1.54) is 5.56 Å². The van der Waals surface area contributed by atoms with E-state index >= 15 is 0 Å². The lowest BCUT2D eigenvalue weighted by Gasteiger charge is -2.34. The Morgan fingerprint density at radius 2 is 1.80 bits per heavy atom. The quantitative estimate of drug-likeness (QED) is 0.455. The average molecular weight is 474 g/mol. The largest absolute Gasteiger partial charge is 0.507 e. The van der Waals surface area contributed by atoms with E-state index in [1.807, 2.05) is 42.2 Å². The van der Waals surface area contributed by atoms with Gasteiger partial charge in [-0.2, -0.15) is 0 Å². The normalized spacial score (nSPS) is 16.5. The highest BCUT2D eigenvalue weighted by Gasteiger charge is 2.30. The minimum Gasteiger partial charge on any atom is -0.507 e. The van der Waals surface area contributed by atoms with Crippen molar-refractivity contribution < 1.29 is 19.4 Å². The number of rotatable bonds is 8. The fraction of sp³-hybridized carbons (Fsp3) is 0.367. The molecule has 2 unspecified atom stereocenters. The van der Waals surface area contributed by atoms with Crippen molar-refractivity contribution in [2.24, 2.45) is 5.92 Å². The summed E-state index contributed by atoms with van der Waals surface area (Å²) < 4.78 is 11.0. The molecule has 3 aromatic rings. The summed E-state index contributed by atoms with van der Waals surface area (Å²) in [7, 11) is 3.13. The van der Waals surface area contributed by atoms with Gasteiger partial charge in [-0.3, -0.25) is 4.79 Å². The first-order chi connectivity index (χ1) is 17.0. The van der Waals surface area contributed by atoms with Crippen molar-refractivity contribution in [3.8, 4) is 17.2 Å². The summed E-state index contributed by atoms with van der Waals surface area (Å²) in [6, 6.07) is 22.0. The summed E-state index contributed by atoms with van der Waals surface area (Å²) in [5.74, 6) is 1.32. The van der Waals surface area contributed by atoms with E-state index in [0.717, 1.165) is 43.5 Å². The van der Waals surface area contributed by atoms with E-state index in [2.05, 4.69) is 24.3 Å². The van der Waals surface area contributed by atoms with E-state index in [1.54, 1.807) is 26.4 Å². The summed E-state index contributed by atoms with van der Waals surface area (Å²) in [6.45, 7) is 3.58. The molecular formula is C30H35NO4. The number of nitrogens with zero attached hydrogens (tertiary/aromatic N) is 1. The smallest absolute Gasteiger partial charge is 0.223 e. The molecule has 5 nitrogen and oxygen atoms in total. The van der Waals surface area contributed by atoms with Crippen LogP contribution in [0.1, 0.15) is 47.4 Å². The Bertz CT molecular complexity index is 1130. The van der Waals surface area contributed by atoms with Gasteiger partial charge in [0.05, 0.1) is 14.2 Å². The van der Waals surface area contributed by atoms with Crippen LogP contribution in [0.15, 0.2) is 66.7 Å². The van der Waals surface area contributed by atoms with E-state index < -0.39 is 0 Å². The molecule has 5 heteroatoms. The maximum Gasteiger partial charge on any atom is 0.223 e. The van der Waals surface area contributed by atoms with E-state index in [-0.39, 0.29) is 24.0 Å². The van der Waals surface area contributed by atoms with Crippen LogP contribution in [0, 0.1) is 12.8 Å². The molecule has 1 N–H and O–H groups in total. The van der Waals surface area contributed by atoms with E-state index in [9.17, 15) is 9.90 Å². The van der Waals surface area contributed by atoms with Gasteiger partial charge in [0.25, 0.3) is 0 Å². The van der Waals surface area contributed by atoms with Crippen LogP contribution >= 0.6 is 0 Å². The SMILES string of the molecule is COc1cc(O)c(C(CC(=O)N2CCCC(Cc3ccccc3)C2)c2ccc(C)cc2)c(OC)c1. The lowest BCUT2D eigenvalue weighted by atomic mass is 9.85. The summed E-state index contributed by atoms with van der Waals surface area (Å²) in [4.78, 5) is 15.6. The lowest BCUT2D eigenvalue weighted by Crippen LogP contribution is -2.41. The van der Waals surface area contributed by atoms with E-state index in [0.29, 0.717) is 23.0 Å². The van der Waals surface area contributed by atoms with E-state index in [4.69, 9.17) is 9.47 Å². The summed E-state index contributed by atoms with van der Waals surface area (Å²) in [5, 5.41) is 11.0. The van der Waals surface area contributed by atoms with Crippen LogP contribution in [0.2, 0.25) is 0 Å². The highest BCUT2D eigenvalue weighted by molar-refractivity contribution is 5.78. The molecule has 1 aliphatic rings. The number of hydrogen-bond acceptors (Lipinski definition) is 4. The minimum atomic E-state index is -0.335. The number of phenols is 1. The second-order valence-corrected chi connectivity index (χ2v) is 9.47. The summed E-state index contributed by atoms with van der Waals surface area (Å²) in [6.07, 6.45) is 3.39.